The van der Waals surface area contributed by atoms with Crippen molar-refractivity contribution < 1.29 is 29.6 Å². The van der Waals surface area contributed by atoms with E-state index in [4.69, 9.17) is 9.47 Å². The highest BCUT2D eigenvalue weighted by molar-refractivity contribution is 5.75. The minimum atomic E-state index is -1.25. The zero-order valence-corrected chi connectivity index (χ0v) is 16.0. The SMILES string of the molecule is C[C@H](O)C(=O)OC1=CC[C@@]2(O)[C@H]3Cc4ccc(CO)c5c4C2(CCN3C)C1O5. The van der Waals surface area contributed by atoms with Crippen molar-refractivity contribution in [2.45, 2.75) is 62.1 Å². The lowest BCUT2D eigenvalue weighted by molar-refractivity contribution is -0.171. The number of rotatable bonds is 3. The summed E-state index contributed by atoms with van der Waals surface area (Å²) in [7, 11) is 2.03. The Bertz CT molecular complexity index is 895. The molecule has 28 heavy (non-hydrogen) atoms. The molecule has 1 saturated heterocycles. The van der Waals surface area contributed by atoms with Crippen LogP contribution < -0.4 is 4.74 Å². The lowest BCUT2D eigenvalue weighted by Crippen LogP contribution is -2.74. The Labute approximate surface area is 163 Å². The Balaban J connectivity index is 1.72. The number of piperidine rings is 1. The predicted octanol–water partition coefficient (Wildman–Crippen LogP) is 0.381. The van der Waals surface area contributed by atoms with E-state index in [1.807, 2.05) is 19.2 Å². The van der Waals surface area contributed by atoms with E-state index in [1.165, 1.54) is 6.92 Å². The second-order valence-electron chi connectivity index (χ2n) is 8.50. The summed E-state index contributed by atoms with van der Waals surface area (Å²) in [6, 6.07) is 3.81. The van der Waals surface area contributed by atoms with Gasteiger partial charge in [-0.15, -0.1) is 0 Å². The smallest absolute Gasteiger partial charge is 0.339 e. The third-order valence-corrected chi connectivity index (χ3v) is 7.19. The van der Waals surface area contributed by atoms with Crippen LogP contribution in [0.3, 0.4) is 0 Å². The molecule has 2 unspecified atom stereocenters. The van der Waals surface area contributed by atoms with Crippen molar-refractivity contribution in [1.29, 1.82) is 0 Å². The zero-order valence-electron chi connectivity index (χ0n) is 16.0. The maximum absolute atomic E-state index is 12.1. The van der Waals surface area contributed by atoms with Crippen molar-refractivity contribution in [1.82, 2.24) is 4.90 Å². The predicted molar refractivity (Wildman–Crippen MR) is 98.6 cm³/mol. The fourth-order valence-electron chi connectivity index (χ4n) is 5.83. The van der Waals surface area contributed by atoms with E-state index >= 15 is 0 Å². The molecule has 1 fully saturated rings. The molecule has 5 atom stereocenters. The van der Waals surface area contributed by atoms with E-state index in [2.05, 4.69) is 4.90 Å². The highest BCUT2D eigenvalue weighted by atomic mass is 16.6. The molecule has 3 N–H and O–H groups in total. The van der Waals surface area contributed by atoms with Gasteiger partial charge in [0.05, 0.1) is 17.6 Å². The van der Waals surface area contributed by atoms with Crippen LogP contribution in [0, 0.1) is 0 Å². The molecule has 0 amide bonds. The molecule has 2 heterocycles. The summed E-state index contributed by atoms with van der Waals surface area (Å²) >= 11 is 0. The summed E-state index contributed by atoms with van der Waals surface area (Å²) in [6.45, 7) is 1.98. The number of aliphatic hydroxyl groups excluding tert-OH is 2. The number of hydrogen-bond acceptors (Lipinski definition) is 7. The summed E-state index contributed by atoms with van der Waals surface area (Å²) < 4.78 is 11.8. The standard InChI is InChI=1S/C21H25NO6/c1-11(24)19(25)27-14-5-6-21(26)15-9-12-3-4-13(10-23)17-16(12)20(21,18(14)28-17)7-8-22(15)2/h3-5,11,15,18,23-24,26H,6-10H2,1-2H3/t11-,15+,18?,20?,21+/m0/s1. The Hall–Kier alpha value is -1.93. The van der Waals surface area contributed by atoms with Crippen molar-refractivity contribution in [3.8, 4) is 5.75 Å². The summed E-state index contributed by atoms with van der Waals surface area (Å²) in [5.74, 6) is 0.203. The number of esters is 1. The monoisotopic (exact) mass is 387 g/mol. The molecule has 7 heteroatoms. The molecule has 1 aromatic rings. The van der Waals surface area contributed by atoms with Gasteiger partial charge in [0.25, 0.3) is 0 Å². The molecule has 1 aromatic carbocycles. The maximum atomic E-state index is 12.1. The first kappa shape index (κ1) is 18.1. The highest BCUT2D eigenvalue weighted by Gasteiger charge is 2.71. The third-order valence-electron chi connectivity index (χ3n) is 7.19. The van der Waals surface area contributed by atoms with Crippen molar-refractivity contribution in [3.05, 3.63) is 40.7 Å². The number of nitrogens with zero attached hydrogens (tertiary/aromatic N) is 1. The van der Waals surface area contributed by atoms with Crippen LogP contribution in [-0.2, 0) is 28.0 Å². The molecule has 7 nitrogen and oxygen atoms in total. The van der Waals surface area contributed by atoms with E-state index < -0.39 is 29.2 Å². The van der Waals surface area contributed by atoms with E-state index in [0.717, 1.165) is 17.7 Å². The zero-order chi connectivity index (χ0) is 19.8. The number of ether oxygens (including phenoxy) is 2. The van der Waals surface area contributed by atoms with E-state index in [1.54, 1.807) is 6.08 Å². The largest absolute Gasteiger partial charge is 0.481 e. The van der Waals surface area contributed by atoms with Crippen molar-refractivity contribution in [3.63, 3.8) is 0 Å². The highest BCUT2D eigenvalue weighted by Crippen LogP contribution is 2.64. The lowest BCUT2D eigenvalue weighted by atomic mass is 9.50. The van der Waals surface area contributed by atoms with Gasteiger partial charge in [0.1, 0.15) is 17.6 Å². The third kappa shape index (κ3) is 2.00. The molecule has 0 saturated carbocycles. The first-order chi connectivity index (χ1) is 13.3. The average Bonchev–Trinajstić information content (AvgIpc) is 3.02. The van der Waals surface area contributed by atoms with E-state index in [-0.39, 0.29) is 12.6 Å². The maximum Gasteiger partial charge on any atom is 0.339 e. The lowest BCUT2D eigenvalue weighted by Gasteiger charge is -2.61. The quantitative estimate of drug-likeness (QED) is 0.645. The topological polar surface area (TPSA) is 99.5 Å². The molecule has 5 rings (SSSR count). The molecule has 2 aliphatic heterocycles. The minimum Gasteiger partial charge on any atom is -0.481 e. The number of likely N-dealkylation sites (tertiary alicyclic amines) is 1. The molecule has 0 aromatic heterocycles. The first-order valence-corrected chi connectivity index (χ1v) is 9.78. The van der Waals surface area contributed by atoms with Gasteiger partial charge in [0.15, 0.2) is 6.10 Å². The van der Waals surface area contributed by atoms with Gasteiger partial charge in [-0.25, -0.2) is 4.79 Å². The minimum absolute atomic E-state index is 0.0731. The van der Waals surface area contributed by atoms with E-state index in [9.17, 15) is 20.1 Å². The van der Waals surface area contributed by atoms with Gasteiger partial charge in [0, 0.05) is 23.6 Å². The summed E-state index contributed by atoms with van der Waals surface area (Å²) in [5, 5.41) is 31.4. The number of hydrogen-bond donors (Lipinski definition) is 3. The van der Waals surface area contributed by atoms with Gasteiger partial charge in [-0.3, -0.25) is 0 Å². The molecule has 2 aliphatic carbocycles. The fourth-order valence-corrected chi connectivity index (χ4v) is 5.83. The number of carbonyl (C=O) groups excluding carboxylic acids is 1. The van der Waals surface area contributed by atoms with Gasteiger partial charge in [-0.05, 0) is 45.0 Å². The van der Waals surface area contributed by atoms with Gasteiger partial charge < -0.3 is 29.7 Å². The molecular weight excluding hydrogens is 362 g/mol. The van der Waals surface area contributed by atoms with Crippen molar-refractivity contribution >= 4 is 5.97 Å². The number of aliphatic hydroxyl groups is 3. The summed E-state index contributed by atoms with van der Waals surface area (Å²) in [4.78, 5) is 14.3. The van der Waals surface area contributed by atoms with E-state index in [0.29, 0.717) is 36.3 Å². The molecule has 0 radical (unpaired) electrons. The van der Waals surface area contributed by atoms with Gasteiger partial charge in [-0.2, -0.15) is 0 Å². The van der Waals surface area contributed by atoms with Gasteiger partial charge in [0.2, 0.25) is 0 Å². The van der Waals surface area contributed by atoms with Crippen LogP contribution in [0.5, 0.6) is 5.75 Å². The number of carbonyl (C=O) groups is 1. The van der Waals surface area contributed by atoms with Crippen LogP contribution >= 0.6 is 0 Å². The molecular formula is C21H25NO6. The Kier molecular flexibility index (Phi) is 3.75. The second kappa shape index (κ2) is 5.79. The van der Waals surface area contributed by atoms with Crippen LogP contribution in [0.4, 0.5) is 0 Å². The van der Waals surface area contributed by atoms with Crippen LogP contribution in [0.1, 0.15) is 36.5 Å². The molecule has 150 valence electrons. The number of benzene rings is 1. The Morgan fingerprint density at radius 3 is 2.96 bits per heavy atom. The average molecular weight is 387 g/mol. The Morgan fingerprint density at radius 1 is 1.46 bits per heavy atom. The van der Waals surface area contributed by atoms with Crippen LogP contribution in [-0.4, -0.2) is 63.6 Å². The van der Waals surface area contributed by atoms with Crippen molar-refractivity contribution in [2.75, 3.05) is 13.6 Å². The number of likely N-dealkylation sites (N-methyl/N-ethyl adjacent to an activating group) is 1. The normalized spacial score (nSPS) is 36.2. The summed E-state index contributed by atoms with van der Waals surface area (Å²) in [5.41, 5.74) is 0.941. The molecule has 1 spiro atoms. The van der Waals surface area contributed by atoms with Crippen LogP contribution in [0.15, 0.2) is 24.0 Å². The van der Waals surface area contributed by atoms with Crippen LogP contribution in [0.2, 0.25) is 0 Å². The second-order valence-corrected chi connectivity index (χ2v) is 8.50. The Morgan fingerprint density at radius 2 is 2.25 bits per heavy atom. The fraction of sp³-hybridized carbons (Fsp3) is 0.571. The summed E-state index contributed by atoms with van der Waals surface area (Å²) in [6.07, 6.45) is 1.52. The first-order valence-electron chi connectivity index (χ1n) is 9.78. The van der Waals surface area contributed by atoms with Crippen LogP contribution in [0.25, 0.3) is 0 Å². The molecule has 2 bridgehead atoms. The van der Waals surface area contributed by atoms with Crippen molar-refractivity contribution in [2.24, 2.45) is 0 Å². The van der Waals surface area contributed by atoms with Gasteiger partial charge >= 0.3 is 5.97 Å². The van der Waals surface area contributed by atoms with Gasteiger partial charge in [-0.1, -0.05) is 12.1 Å². The molecule has 4 aliphatic rings.